The Morgan fingerprint density at radius 1 is 1.19 bits per heavy atom. The molecule has 2 N–H and O–H groups in total. The van der Waals surface area contributed by atoms with Crippen molar-refractivity contribution in [1.82, 2.24) is 0 Å². The van der Waals surface area contributed by atoms with E-state index < -0.39 is 17.5 Å². The van der Waals surface area contributed by atoms with E-state index in [1.54, 1.807) is 6.92 Å². The molecule has 1 aromatic heterocycles. The van der Waals surface area contributed by atoms with Crippen molar-refractivity contribution in [1.29, 1.82) is 0 Å². The zero-order chi connectivity index (χ0) is 19.8. The van der Waals surface area contributed by atoms with Crippen LogP contribution in [-0.2, 0) is 0 Å². The Kier molecular flexibility index (Phi) is 6.13. The standard InChI is InChI=1S/C17H11Cl3F3NOS/c1-7-3-14(26-16(7)8(2)24)13(25)6-10(17(21,22)23)9-4-11(18)15(20)12(19)5-9/h3-6H,2,24H2,1H3/b10-6-. The van der Waals surface area contributed by atoms with Crippen LogP contribution in [0.1, 0.15) is 25.7 Å². The number of nitrogens with two attached hydrogens (primary N) is 1. The van der Waals surface area contributed by atoms with Crippen molar-refractivity contribution in [2.45, 2.75) is 13.1 Å². The maximum absolute atomic E-state index is 13.5. The number of hydrogen-bond donors (Lipinski definition) is 1. The molecule has 26 heavy (non-hydrogen) atoms. The van der Waals surface area contributed by atoms with Gasteiger partial charge in [0.05, 0.1) is 30.4 Å². The van der Waals surface area contributed by atoms with Gasteiger partial charge in [-0.25, -0.2) is 0 Å². The molecule has 1 heterocycles. The van der Waals surface area contributed by atoms with Crippen molar-refractivity contribution in [2.24, 2.45) is 5.73 Å². The maximum Gasteiger partial charge on any atom is 0.417 e. The van der Waals surface area contributed by atoms with Gasteiger partial charge in [0.25, 0.3) is 0 Å². The number of carbonyl (C=O) groups excluding carboxylic acids is 1. The summed E-state index contributed by atoms with van der Waals surface area (Å²) < 4.78 is 40.5. The summed E-state index contributed by atoms with van der Waals surface area (Å²) in [5.41, 5.74) is 4.96. The minimum Gasteiger partial charge on any atom is -0.398 e. The largest absolute Gasteiger partial charge is 0.417 e. The summed E-state index contributed by atoms with van der Waals surface area (Å²) >= 11 is 18.4. The third kappa shape index (κ3) is 4.43. The van der Waals surface area contributed by atoms with Crippen molar-refractivity contribution in [3.8, 4) is 0 Å². The van der Waals surface area contributed by atoms with E-state index in [-0.39, 0.29) is 31.2 Å². The number of hydrogen-bond acceptors (Lipinski definition) is 3. The number of carbonyl (C=O) groups is 1. The van der Waals surface area contributed by atoms with Crippen molar-refractivity contribution in [2.75, 3.05) is 0 Å². The van der Waals surface area contributed by atoms with Crippen molar-refractivity contribution in [3.63, 3.8) is 0 Å². The van der Waals surface area contributed by atoms with E-state index in [0.717, 1.165) is 23.5 Å². The van der Waals surface area contributed by atoms with Crippen LogP contribution in [0.25, 0.3) is 11.3 Å². The van der Waals surface area contributed by atoms with Crippen molar-refractivity contribution in [3.05, 3.63) is 66.8 Å². The molecule has 0 aliphatic carbocycles. The molecule has 2 rings (SSSR count). The quantitative estimate of drug-likeness (QED) is 0.324. The van der Waals surface area contributed by atoms with Gasteiger partial charge in [0.1, 0.15) is 0 Å². The summed E-state index contributed by atoms with van der Waals surface area (Å²) in [6, 6.07) is 3.48. The third-order valence-corrected chi connectivity index (χ3v) is 5.85. The Hall–Kier alpha value is -1.47. The molecule has 2 aromatic rings. The van der Waals surface area contributed by atoms with Crippen LogP contribution >= 0.6 is 46.1 Å². The number of benzene rings is 1. The summed E-state index contributed by atoms with van der Waals surface area (Å²) in [5.74, 6) is -0.819. The first kappa shape index (κ1) is 20.8. The molecule has 0 fully saturated rings. The van der Waals surface area contributed by atoms with Crippen LogP contribution < -0.4 is 5.73 Å². The second-order valence-corrected chi connectivity index (χ2v) is 7.57. The van der Waals surface area contributed by atoms with Gasteiger partial charge in [0.15, 0.2) is 5.78 Å². The fraction of sp³-hybridized carbons (Fsp3) is 0.118. The molecular formula is C17H11Cl3F3NOS. The van der Waals surface area contributed by atoms with Gasteiger partial charge < -0.3 is 5.73 Å². The number of halogens is 6. The summed E-state index contributed by atoms with van der Waals surface area (Å²) in [6.45, 7) is 5.26. The average molecular weight is 441 g/mol. The minimum absolute atomic E-state index is 0.0649. The lowest BCUT2D eigenvalue weighted by atomic mass is 10.0. The smallest absolute Gasteiger partial charge is 0.398 e. The Labute approximate surface area is 166 Å². The second-order valence-electron chi connectivity index (χ2n) is 5.32. The summed E-state index contributed by atoms with van der Waals surface area (Å²) in [7, 11) is 0. The zero-order valence-electron chi connectivity index (χ0n) is 13.2. The summed E-state index contributed by atoms with van der Waals surface area (Å²) in [6.07, 6.45) is -4.30. The van der Waals surface area contributed by atoms with Crippen LogP contribution in [0.2, 0.25) is 15.1 Å². The molecule has 1 aromatic carbocycles. The fourth-order valence-electron chi connectivity index (χ4n) is 2.16. The molecular weight excluding hydrogens is 430 g/mol. The third-order valence-electron chi connectivity index (χ3n) is 3.33. The average Bonchev–Trinajstić information content (AvgIpc) is 2.90. The van der Waals surface area contributed by atoms with Crippen LogP contribution in [0, 0.1) is 6.92 Å². The van der Waals surface area contributed by atoms with Gasteiger partial charge >= 0.3 is 6.18 Å². The Bertz CT molecular complexity index is 909. The van der Waals surface area contributed by atoms with Crippen molar-refractivity contribution >= 4 is 63.2 Å². The van der Waals surface area contributed by atoms with E-state index >= 15 is 0 Å². The molecule has 0 spiro atoms. The molecule has 0 radical (unpaired) electrons. The SMILES string of the molecule is C=C(N)c1sc(C(=O)/C=C(/c2cc(Cl)c(Cl)c(Cl)c2)C(F)(F)F)cc1C. The molecule has 0 atom stereocenters. The number of aryl methyl sites for hydroxylation is 1. The number of ketones is 1. The van der Waals surface area contributed by atoms with E-state index in [4.69, 9.17) is 40.5 Å². The van der Waals surface area contributed by atoms with Crippen LogP contribution in [0.4, 0.5) is 13.2 Å². The van der Waals surface area contributed by atoms with Crippen molar-refractivity contribution < 1.29 is 18.0 Å². The van der Waals surface area contributed by atoms with E-state index in [0.29, 0.717) is 16.5 Å². The molecule has 0 saturated carbocycles. The van der Waals surface area contributed by atoms with E-state index in [2.05, 4.69) is 6.58 Å². The highest BCUT2D eigenvalue weighted by atomic mass is 35.5. The molecule has 0 bridgehead atoms. The Balaban J connectivity index is 2.56. The first-order chi connectivity index (χ1) is 11.9. The highest BCUT2D eigenvalue weighted by Gasteiger charge is 2.36. The van der Waals surface area contributed by atoms with E-state index in [1.165, 1.54) is 6.07 Å². The maximum atomic E-state index is 13.5. The Morgan fingerprint density at radius 3 is 2.15 bits per heavy atom. The first-order valence-electron chi connectivity index (χ1n) is 6.95. The Morgan fingerprint density at radius 2 is 1.73 bits per heavy atom. The van der Waals surface area contributed by atoms with Gasteiger partial charge in [-0.15, -0.1) is 11.3 Å². The van der Waals surface area contributed by atoms with Gasteiger partial charge in [-0.2, -0.15) is 13.2 Å². The van der Waals surface area contributed by atoms with Crippen LogP contribution in [0.15, 0.2) is 30.9 Å². The van der Waals surface area contributed by atoms with E-state index in [1.807, 2.05) is 0 Å². The van der Waals surface area contributed by atoms with Crippen LogP contribution in [-0.4, -0.2) is 12.0 Å². The summed E-state index contributed by atoms with van der Waals surface area (Å²) in [5, 5.41) is -0.360. The molecule has 0 saturated heterocycles. The van der Waals surface area contributed by atoms with Crippen LogP contribution in [0.5, 0.6) is 0 Å². The van der Waals surface area contributed by atoms with Gasteiger partial charge in [0.2, 0.25) is 0 Å². The molecule has 0 aliphatic heterocycles. The molecule has 2 nitrogen and oxygen atoms in total. The highest BCUT2D eigenvalue weighted by Crippen LogP contribution is 2.40. The minimum atomic E-state index is -4.80. The normalized spacial score (nSPS) is 12.3. The van der Waals surface area contributed by atoms with E-state index in [9.17, 15) is 18.0 Å². The lowest BCUT2D eigenvalue weighted by Gasteiger charge is -2.13. The van der Waals surface area contributed by atoms with Gasteiger partial charge in [-0.05, 0) is 42.3 Å². The number of rotatable bonds is 4. The van der Waals surface area contributed by atoms with Gasteiger partial charge in [-0.1, -0.05) is 41.4 Å². The number of thiophene rings is 1. The van der Waals surface area contributed by atoms with Gasteiger partial charge in [0, 0.05) is 5.70 Å². The fourth-order valence-corrected chi connectivity index (χ4v) is 3.73. The monoisotopic (exact) mass is 439 g/mol. The molecule has 0 unspecified atom stereocenters. The molecule has 138 valence electrons. The summed E-state index contributed by atoms with van der Waals surface area (Å²) in [4.78, 5) is 13.0. The first-order valence-corrected chi connectivity index (χ1v) is 8.90. The molecule has 0 aliphatic rings. The number of allylic oxidation sites excluding steroid dienone is 2. The molecule has 0 amide bonds. The topological polar surface area (TPSA) is 43.1 Å². The highest BCUT2D eigenvalue weighted by molar-refractivity contribution is 7.15. The lowest BCUT2D eigenvalue weighted by Crippen LogP contribution is -2.12. The van der Waals surface area contributed by atoms with Crippen LogP contribution in [0.3, 0.4) is 0 Å². The zero-order valence-corrected chi connectivity index (χ0v) is 16.3. The van der Waals surface area contributed by atoms with Gasteiger partial charge in [-0.3, -0.25) is 4.79 Å². The predicted molar refractivity (Wildman–Crippen MR) is 102 cm³/mol. The lowest BCUT2D eigenvalue weighted by molar-refractivity contribution is -0.0689. The number of alkyl halides is 3. The second kappa shape index (κ2) is 7.64. The predicted octanol–water partition coefficient (Wildman–Crippen LogP) is 6.77. The molecule has 9 heteroatoms.